The van der Waals surface area contributed by atoms with E-state index in [1.807, 2.05) is 12.1 Å². The molecule has 0 radical (unpaired) electrons. The first-order valence-corrected chi connectivity index (χ1v) is 10.6. The molecule has 0 aliphatic carbocycles. The van der Waals surface area contributed by atoms with Crippen molar-refractivity contribution in [3.8, 4) is 16.9 Å². The quantitative estimate of drug-likeness (QED) is 0.312. The number of aliphatic hydroxyl groups is 2. The van der Waals surface area contributed by atoms with Gasteiger partial charge in [-0.3, -0.25) is 19.4 Å². The van der Waals surface area contributed by atoms with Crippen LogP contribution in [0.3, 0.4) is 0 Å². The van der Waals surface area contributed by atoms with Gasteiger partial charge in [0.05, 0.1) is 6.61 Å². The molecule has 2 amide bonds. The first-order valence-electron chi connectivity index (χ1n) is 10.6. The number of carbonyl (C=O) groups is 3. The second-order valence-corrected chi connectivity index (χ2v) is 7.28. The lowest BCUT2D eigenvalue weighted by Crippen LogP contribution is -2.52. The van der Waals surface area contributed by atoms with Crippen LogP contribution >= 0.6 is 0 Å². The average Bonchev–Trinajstić information content (AvgIpc) is 2.89. The molecule has 176 valence electrons. The fourth-order valence-electron chi connectivity index (χ4n) is 3.11. The summed E-state index contributed by atoms with van der Waals surface area (Å²) in [6, 6.07) is 15.8. The van der Waals surface area contributed by atoms with Crippen LogP contribution in [-0.4, -0.2) is 58.7 Å². The maximum Gasteiger partial charge on any atom is 0.252 e. The van der Waals surface area contributed by atoms with Crippen LogP contribution < -0.4 is 15.4 Å². The number of carbonyl (C=O) groups excluding carboxylic acids is 3. The number of ether oxygens (including phenoxy) is 1. The van der Waals surface area contributed by atoms with Gasteiger partial charge in [-0.1, -0.05) is 30.3 Å². The van der Waals surface area contributed by atoms with Gasteiger partial charge >= 0.3 is 0 Å². The Balaban J connectivity index is 1.64. The molecule has 1 aromatic heterocycles. The number of aromatic nitrogens is 1. The molecule has 1 unspecified atom stereocenters. The Morgan fingerprint density at radius 2 is 1.62 bits per heavy atom. The van der Waals surface area contributed by atoms with Crippen molar-refractivity contribution < 1.29 is 29.3 Å². The number of hydrogen-bond donors (Lipinski definition) is 4. The van der Waals surface area contributed by atoms with Crippen molar-refractivity contribution in [3.05, 3.63) is 84.2 Å². The lowest BCUT2D eigenvalue weighted by atomic mass is 10.0. The molecule has 2 aromatic carbocycles. The van der Waals surface area contributed by atoms with Crippen LogP contribution in [-0.2, 0) is 16.1 Å². The van der Waals surface area contributed by atoms with Crippen molar-refractivity contribution in [1.82, 2.24) is 15.6 Å². The third kappa shape index (κ3) is 6.71. The van der Waals surface area contributed by atoms with Crippen LogP contribution in [0.15, 0.2) is 73.1 Å². The van der Waals surface area contributed by atoms with E-state index in [1.54, 1.807) is 60.9 Å². The minimum Gasteiger partial charge on any atom is -0.491 e. The number of benzene rings is 2. The third-order valence-electron chi connectivity index (χ3n) is 4.90. The van der Waals surface area contributed by atoms with Gasteiger partial charge in [0.25, 0.3) is 11.8 Å². The van der Waals surface area contributed by atoms with Crippen molar-refractivity contribution in [2.45, 2.75) is 12.6 Å². The molecule has 1 heterocycles. The number of ketones is 1. The van der Waals surface area contributed by atoms with Gasteiger partial charge in [-0.2, -0.15) is 0 Å². The zero-order chi connectivity index (χ0) is 24.3. The SMILES string of the molecule is O=C(NC(C(=O)CO)C(=O)NCc1cccnc1)c1ccc(-c2ccc(OCCO)cc2)cc1. The third-order valence-corrected chi connectivity index (χ3v) is 4.90. The number of hydrogen-bond acceptors (Lipinski definition) is 7. The molecule has 0 saturated heterocycles. The summed E-state index contributed by atoms with van der Waals surface area (Å²) in [5.41, 5.74) is 2.72. The van der Waals surface area contributed by atoms with Gasteiger partial charge in [0.15, 0.2) is 11.8 Å². The number of rotatable bonds is 11. The summed E-state index contributed by atoms with van der Waals surface area (Å²) in [5.74, 6) is -1.54. The molecule has 0 fully saturated rings. The lowest BCUT2D eigenvalue weighted by Gasteiger charge is -2.17. The van der Waals surface area contributed by atoms with Gasteiger partial charge < -0.3 is 25.6 Å². The van der Waals surface area contributed by atoms with E-state index in [4.69, 9.17) is 9.84 Å². The number of pyridine rings is 1. The van der Waals surface area contributed by atoms with Crippen LogP contribution in [0.25, 0.3) is 11.1 Å². The topological polar surface area (TPSA) is 138 Å². The Labute approximate surface area is 196 Å². The Morgan fingerprint density at radius 3 is 2.21 bits per heavy atom. The van der Waals surface area contributed by atoms with Crippen LogP contribution in [0.5, 0.6) is 5.75 Å². The van der Waals surface area contributed by atoms with E-state index in [9.17, 15) is 19.5 Å². The maximum atomic E-state index is 12.7. The molecular formula is C25H25N3O6. The molecule has 0 bridgehead atoms. The van der Waals surface area contributed by atoms with E-state index in [1.165, 1.54) is 0 Å². The molecule has 3 rings (SSSR count). The summed E-state index contributed by atoms with van der Waals surface area (Å²) in [7, 11) is 0. The Hall–Kier alpha value is -4.08. The summed E-state index contributed by atoms with van der Waals surface area (Å²) in [5, 5.41) is 23.0. The van der Waals surface area contributed by atoms with Gasteiger partial charge in [0.2, 0.25) is 0 Å². The second-order valence-electron chi connectivity index (χ2n) is 7.28. The zero-order valence-electron chi connectivity index (χ0n) is 18.3. The van der Waals surface area contributed by atoms with E-state index in [2.05, 4.69) is 15.6 Å². The predicted molar refractivity (Wildman–Crippen MR) is 124 cm³/mol. The maximum absolute atomic E-state index is 12.7. The molecule has 0 aliphatic heterocycles. The zero-order valence-corrected chi connectivity index (χ0v) is 18.3. The first-order chi connectivity index (χ1) is 16.5. The summed E-state index contributed by atoms with van der Waals surface area (Å²) < 4.78 is 5.34. The van der Waals surface area contributed by atoms with E-state index in [-0.39, 0.29) is 25.3 Å². The van der Waals surface area contributed by atoms with Gasteiger partial charge in [-0.15, -0.1) is 0 Å². The van der Waals surface area contributed by atoms with Crippen molar-refractivity contribution in [2.75, 3.05) is 19.8 Å². The van der Waals surface area contributed by atoms with Gasteiger partial charge in [-0.25, -0.2) is 0 Å². The smallest absolute Gasteiger partial charge is 0.252 e. The highest BCUT2D eigenvalue weighted by atomic mass is 16.5. The molecule has 34 heavy (non-hydrogen) atoms. The second kappa shape index (κ2) is 12.2. The Morgan fingerprint density at radius 1 is 0.941 bits per heavy atom. The molecule has 3 aromatic rings. The molecule has 4 N–H and O–H groups in total. The van der Waals surface area contributed by atoms with Gasteiger partial charge in [0.1, 0.15) is 19.0 Å². The van der Waals surface area contributed by atoms with Crippen LogP contribution in [0, 0.1) is 0 Å². The summed E-state index contributed by atoms with van der Waals surface area (Å²) in [4.78, 5) is 41.2. The molecule has 1 atom stereocenters. The number of aliphatic hydroxyl groups excluding tert-OH is 2. The highest BCUT2D eigenvalue weighted by Gasteiger charge is 2.28. The van der Waals surface area contributed by atoms with Crippen molar-refractivity contribution in [3.63, 3.8) is 0 Å². The first kappa shape index (κ1) is 24.6. The predicted octanol–water partition coefficient (Wildman–Crippen LogP) is 1.10. The van der Waals surface area contributed by atoms with E-state index in [0.29, 0.717) is 5.75 Å². The Kier molecular flexibility index (Phi) is 8.84. The van der Waals surface area contributed by atoms with Gasteiger partial charge in [-0.05, 0) is 47.0 Å². The van der Waals surface area contributed by atoms with Crippen molar-refractivity contribution in [2.24, 2.45) is 0 Å². The molecular weight excluding hydrogens is 438 g/mol. The summed E-state index contributed by atoms with van der Waals surface area (Å²) in [6.07, 6.45) is 3.16. The molecule has 0 saturated carbocycles. The van der Waals surface area contributed by atoms with Crippen LogP contribution in [0.2, 0.25) is 0 Å². The molecule has 0 spiro atoms. The van der Waals surface area contributed by atoms with E-state index in [0.717, 1.165) is 16.7 Å². The normalized spacial score (nSPS) is 11.4. The highest BCUT2D eigenvalue weighted by Crippen LogP contribution is 2.23. The molecule has 0 aliphatic rings. The summed E-state index contributed by atoms with van der Waals surface area (Å²) in [6.45, 7) is -0.620. The minimum atomic E-state index is -1.53. The van der Waals surface area contributed by atoms with Crippen molar-refractivity contribution >= 4 is 17.6 Å². The molecule has 9 heteroatoms. The standard InChI is InChI=1S/C25H25N3O6/c29-12-13-34-21-9-7-19(8-10-21)18-3-5-20(6-4-18)24(32)28-23(22(31)16-30)25(33)27-15-17-2-1-11-26-14-17/h1-11,14,23,29-30H,12-13,15-16H2,(H,27,33)(H,28,32). The monoisotopic (exact) mass is 463 g/mol. The largest absolute Gasteiger partial charge is 0.491 e. The number of amides is 2. The fourth-order valence-corrected chi connectivity index (χ4v) is 3.11. The highest BCUT2D eigenvalue weighted by molar-refractivity contribution is 6.10. The van der Waals surface area contributed by atoms with E-state index >= 15 is 0 Å². The Bertz CT molecular complexity index is 1100. The number of nitrogens with one attached hydrogen (secondary N) is 2. The van der Waals surface area contributed by atoms with E-state index < -0.39 is 30.2 Å². The fraction of sp³-hybridized carbons (Fsp3) is 0.200. The average molecular weight is 463 g/mol. The number of nitrogens with zero attached hydrogens (tertiary/aromatic N) is 1. The summed E-state index contributed by atoms with van der Waals surface area (Å²) >= 11 is 0. The minimum absolute atomic E-state index is 0.0673. The van der Waals surface area contributed by atoms with Crippen molar-refractivity contribution in [1.29, 1.82) is 0 Å². The lowest BCUT2D eigenvalue weighted by molar-refractivity contribution is -0.132. The number of Topliss-reactive ketones (excluding diaryl/α,β-unsaturated/α-hetero) is 1. The molecule has 9 nitrogen and oxygen atoms in total. The van der Waals surface area contributed by atoms with Gasteiger partial charge in [0, 0.05) is 24.5 Å². The van der Waals surface area contributed by atoms with Crippen LogP contribution in [0.4, 0.5) is 0 Å². The van der Waals surface area contributed by atoms with Crippen LogP contribution in [0.1, 0.15) is 15.9 Å².